The lowest BCUT2D eigenvalue weighted by Crippen LogP contribution is -2.49. The molecule has 0 bridgehead atoms. The van der Waals surface area contributed by atoms with Crippen molar-refractivity contribution in [1.29, 1.82) is 0 Å². The smallest absolute Gasteiger partial charge is 0.252 e. The van der Waals surface area contributed by atoms with Gasteiger partial charge in [0.2, 0.25) is 0 Å². The Bertz CT molecular complexity index is 250. The van der Waals surface area contributed by atoms with Gasteiger partial charge in [0.15, 0.2) is 0 Å². The molecule has 0 aromatic rings. The molecule has 2 aliphatic rings. The Morgan fingerprint density at radius 3 is 3.17 bits per heavy atom. The molecule has 1 unspecified atom stereocenters. The number of hydrazine groups is 2. The maximum atomic E-state index is 11.6. The fourth-order valence-corrected chi connectivity index (χ4v) is 1.42. The van der Waals surface area contributed by atoms with E-state index in [4.69, 9.17) is 0 Å². The zero-order valence-corrected chi connectivity index (χ0v) is 7.16. The van der Waals surface area contributed by atoms with Gasteiger partial charge in [-0.3, -0.25) is 9.80 Å². The number of rotatable bonds is 0. The predicted octanol–water partition coefficient (Wildman–Crippen LogP) is -0.987. The summed E-state index contributed by atoms with van der Waals surface area (Å²) in [5.74, 6) is 0.132. The molecular weight excluding hydrogens is 156 g/mol. The van der Waals surface area contributed by atoms with E-state index in [0.29, 0.717) is 6.54 Å². The van der Waals surface area contributed by atoms with Crippen LogP contribution in [0.4, 0.5) is 0 Å². The number of fused-ring (bicyclic) bond motifs is 1. The van der Waals surface area contributed by atoms with Crippen LogP contribution in [-0.2, 0) is 4.79 Å². The molecule has 0 spiro atoms. The van der Waals surface area contributed by atoms with Gasteiger partial charge in [-0.05, 0) is 6.92 Å². The lowest BCUT2D eigenvalue weighted by Gasteiger charge is -2.31. The van der Waals surface area contributed by atoms with E-state index in [9.17, 15) is 4.79 Å². The first kappa shape index (κ1) is 7.57. The van der Waals surface area contributed by atoms with Crippen LogP contribution >= 0.6 is 0 Å². The van der Waals surface area contributed by atoms with E-state index < -0.39 is 0 Å². The van der Waals surface area contributed by atoms with Gasteiger partial charge >= 0.3 is 0 Å². The van der Waals surface area contributed by atoms with E-state index >= 15 is 0 Å². The van der Waals surface area contributed by atoms with Crippen molar-refractivity contribution < 1.29 is 4.79 Å². The molecule has 2 rings (SSSR count). The molecule has 0 saturated carbocycles. The molecule has 12 heavy (non-hydrogen) atoms. The number of carbonyl (C=O) groups is 1. The zero-order chi connectivity index (χ0) is 8.72. The normalized spacial score (nSPS) is 29.0. The largest absolute Gasteiger partial charge is 0.316 e. The van der Waals surface area contributed by atoms with Crippen molar-refractivity contribution in [3.8, 4) is 0 Å². The third-order valence-corrected chi connectivity index (χ3v) is 2.31. The van der Waals surface area contributed by atoms with E-state index in [0.717, 1.165) is 5.70 Å². The topological polar surface area (TPSA) is 47.6 Å². The van der Waals surface area contributed by atoms with Crippen molar-refractivity contribution in [1.82, 2.24) is 20.9 Å². The minimum Gasteiger partial charge on any atom is -0.316 e. The molecule has 5 nitrogen and oxygen atoms in total. The van der Waals surface area contributed by atoms with Crippen molar-refractivity contribution in [2.24, 2.45) is 0 Å². The first-order valence-corrected chi connectivity index (χ1v) is 3.93. The summed E-state index contributed by atoms with van der Waals surface area (Å²) in [5.41, 5.74) is 6.77. The second-order valence-electron chi connectivity index (χ2n) is 3.08. The molecule has 1 atom stereocenters. The van der Waals surface area contributed by atoms with Gasteiger partial charge in [-0.2, -0.15) is 5.53 Å². The summed E-state index contributed by atoms with van der Waals surface area (Å²) < 4.78 is 0. The maximum absolute atomic E-state index is 11.6. The van der Waals surface area contributed by atoms with Crippen LogP contribution in [0.2, 0.25) is 0 Å². The molecule has 66 valence electrons. The molecule has 0 aromatic heterocycles. The molecule has 2 aliphatic heterocycles. The molecule has 2 N–H and O–H groups in total. The van der Waals surface area contributed by atoms with Crippen LogP contribution in [0.1, 0.15) is 6.92 Å². The number of nitrogens with zero attached hydrogens (tertiary/aromatic N) is 2. The van der Waals surface area contributed by atoms with Crippen molar-refractivity contribution in [2.75, 3.05) is 13.6 Å². The van der Waals surface area contributed by atoms with Crippen LogP contribution in [0, 0.1) is 0 Å². The van der Waals surface area contributed by atoms with Crippen molar-refractivity contribution in [3.63, 3.8) is 0 Å². The van der Waals surface area contributed by atoms with E-state index in [1.54, 1.807) is 17.0 Å². The summed E-state index contributed by atoms with van der Waals surface area (Å²) in [7, 11) is 1.80. The Morgan fingerprint density at radius 2 is 2.42 bits per heavy atom. The van der Waals surface area contributed by atoms with E-state index in [1.165, 1.54) is 0 Å². The van der Waals surface area contributed by atoms with Crippen LogP contribution in [0.5, 0.6) is 0 Å². The van der Waals surface area contributed by atoms with Crippen molar-refractivity contribution >= 4 is 5.91 Å². The molecule has 0 radical (unpaired) electrons. The molecule has 1 fully saturated rings. The van der Waals surface area contributed by atoms with Gasteiger partial charge in [-0.25, -0.2) is 5.43 Å². The fourth-order valence-electron chi connectivity index (χ4n) is 1.42. The number of nitrogens with one attached hydrogen (secondary N) is 2. The van der Waals surface area contributed by atoms with E-state index in [2.05, 4.69) is 11.0 Å². The number of carbonyl (C=O) groups excluding carboxylic acids is 1. The molecule has 0 aromatic carbocycles. The maximum Gasteiger partial charge on any atom is 0.252 e. The van der Waals surface area contributed by atoms with Gasteiger partial charge in [0.05, 0.1) is 0 Å². The van der Waals surface area contributed by atoms with E-state index in [-0.39, 0.29) is 11.9 Å². The quantitative estimate of drug-likeness (QED) is 0.488. The first-order valence-electron chi connectivity index (χ1n) is 3.93. The zero-order valence-electron chi connectivity index (χ0n) is 7.16. The summed E-state index contributed by atoms with van der Waals surface area (Å²) >= 11 is 0. The number of hydrogen-bond acceptors (Lipinski definition) is 4. The van der Waals surface area contributed by atoms with Crippen LogP contribution in [0.3, 0.4) is 0 Å². The Labute approximate surface area is 70.9 Å². The second kappa shape index (κ2) is 2.46. The highest BCUT2D eigenvalue weighted by atomic mass is 16.2. The molecule has 0 aliphatic carbocycles. The lowest BCUT2D eigenvalue weighted by molar-refractivity contribution is -0.133. The van der Waals surface area contributed by atoms with Crippen LogP contribution in [0.15, 0.2) is 11.9 Å². The standard InChI is InChI=1S/C7H12N4O/c1-5-4-11-6(3-8-9-11)7(12)10(5)2/h4,6,8-9H,3H2,1-2H3. The third-order valence-electron chi connectivity index (χ3n) is 2.31. The summed E-state index contributed by atoms with van der Waals surface area (Å²) in [5, 5.41) is 1.80. The highest BCUT2D eigenvalue weighted by molar-refractivity contribution is 5.84. The van der Waals surface area contributed by atoms with Gasteiger partial charge in [0.1, 0.15) is 6.04 Å². The molecular formula is C7H12N4O. The molecule has 1 saturated heterocycles. The average molecular weight is 168 g/mol. The first-order chi connectivity index (χ1) is 5.70. The Hall–Kier alpha value is -1.07. The minimum absolute atomic E-state index is 0.0845. The van der Waals surface area contributed by atoms with Crippen molar-refractivity contribution in [2.45, 2.75) is 13.0 Å². The lowest BCUT2D eigenvalue weighted by atomic mass is 10.2. The van der Waals surface area contributed by atoms with Gasteiger partial charge in [-0.15, -0.1) is 0 Å². The van der Waals surface area contributed by atoms with Gasteiger partial charge in [-0.1, -0.05) is 0 Å². The average Bonchev–Trinajstić information content (AvgIpc) is 2.48. The summed E-state index contributed by atoms with van der Waals surface area (Å²) in [6.45, 7) is 2.57. The van der Waals surface area contributed by atoms with Gasteiger partial charge < -0.3 is 4.90 Å². The minimum atomic E-state index is -0.0845. The molecule has 1 amide bonds. The van der Waals surface area contributed by atoms with Crippen LogP contribution in [0.25, 0.3) is 0 Å². The monoisotopic (exact) mass is 168 g/mol. The Morgan fingerprint density at radius 1 is 1.67 bits per heavy atom. The molecule has 5 heteroatoms. The predicted molar refractivity (Wildman–Crippen MR) is 43.3 cm³/mol. The Kier molecular flexibility index (Phi) is 1.55. The number of amides is 1. The van der Waals surface area contributed by atoms with Crippen molar-refractivity contribution in [3.05, 3.63) is 11.9 Å². The third kappa shape index (κ3) is 0.904. The number of hydrogen-bond donors (Lipinski definition) is 2. The highest BCUT2D eigenvalue weighted by Gasteiger charge is 2.35. The summed E-state index contributed by atoms with van der Waals surface area (Å²) in [6, 6.07) is -0.0845. The van der Waals surface area contributed by atoms with E-state index in [1.807, 2.05) is 13.1 Å². The second-order valence-corrected chi connectivity index (χ2v) is 3.08. The van der Waals surface area contributed by atoms with Crippen LogP contribution < -0.4 is 11.0 Å². The highest BCUT2D eigenvalue weighted by Crippen LogP contribution is 2.16. The molecule has 2 heterocycles. The number of allylic oxidation sites excluding steroid dienone is 1. The Balaban J connectivity index is 2.30. The van der Waals surface area contributed by atoms with Gasteiger partial charge in [0, 0.05) is 25.5 Å². The summed E-state index contributed by atoms with van der Waals surface area (Å²) in [6.07, 6.45) is 1.92. The number of likely N-dealkylation sites (N-methyl/N-ethyl adjacent to an activating group) is 1. The summed E-state index contributed by atoms with van der Waals surface area (Å²) in [4.78, 5) is 13.3. The van der Waals surface area contributed by atoms with Gasteiger partial charge in [0.25, 0.3) is 5.91 Å². The SMILES string of the molecule is CC1=CN2NNCC2C(=O)N1C. The van der Waals surface area contributed by atoms with Crippen LogP contribution in [-0.4, -0.2) is 35.5 Å². The fraction of sp³-hybridized carbons (Fsp3) is 0.571.